The molecule has 5 rings (SSSR count). The zero-order valence-corrected chi connectivity index (χ0v) is 18.7. The molecule has 0 saturated carbocycles. The van der Waals surface area contributed by atoms with Crippen molar-refractivity contribution < 1.29 is 9.84 Å². The van der Waals surface area contributed by atoms with Crippen molar-refractivity contribution in [3.63, 3.8) is 0 Å². The van der Waals surface area contributed by atoms with Crippen LogP contribution in [0.5, 0.6) is 11.6 Å². The van der Waals surface area contributed by atoms with E-state index in [1.54, 1.807) is 19.2 Å². The number of rotatable bonds is 3. The summed E-state index contributed by atoms with van der Waals surface area (Å²) in [6.07, 6.45) is 0.758. The second kappa shape index (κ2) is 7.57. The van der Waals surface area contributed by atoms with Crippen LogP contribution in [0.2, 0.25) is 0 Å². The molecule has 31 heavy (non-hydrogen) atoms. The van der Waals surface area contributed by atoms with Gasteiger partial charge in [0.2, 0.25) is 5.88 Å². The van der Waals surface area contributed by atoms with Gasteiger partial charge in [0, 0.05) is 26.7 Å². The van der Waals surface area contributed by atoms with Crippen molar-refractivity contribution in [2.24, 2.45) is 0 Å². The average molecular weight is 530 g/mol. The van der Waals surface area contributed by atoms with Gasteiger partial charge >= 0.3 is 5.69 Å². The summed E-state index contributed by atoms with van der Waals surface area (Å²) < 4.78 is 7.47. The maximum Gasteiger partial charge on any atom is 0.335 e. The summed E-state index contributed by atoms with van der Waals surface area (Å²) in [5.41, 5.74) is 2.03. The number of methoxy groups -OCH3 is 1. The van der Waals surface area contributed by atoms with Gasteiger partial charge in [-0.25, -0.2) is 9.36 Å². The number of aromatic nitrogens is 3. The Kier molecular flexibility index (Phi) is 4.86. The second-order valence-corrected chi connectivity index (χ2v) is 8.62. The van der Waals surface area contributed by atoms with Crippen molar-refractivity contribution >= 4 is 33.5 Å². The van der Waals surface area contributed by atoms with Crippen molar-refractivity contribution in [3.05, 3.63) is 83.7 Å². The minimum Gasteiger partial charge on any atom is -0.497 e. The standard InChI is InChI=1S/C22H19IN4O4/c1-31-13-6-7-16-15(10-13)14-8-9-24-19(18(14)25-16)17-20(28)26-22(30)27(21(17)29)12-4-2-11(23)3-5-12/h2-7,10,19,24-25,29H,8-9H2,1H3,(H,26,28,30)/t19-/m1/s1. The largest absolute Gasteiger partial charge is 0.497 e. The van der Waals surface area contributed by atoms with E-state index in [4.69, 9.17) is 4.74 Å². The van der Waals surface area contributed by atoms with Gasteiger partial charge in [0.15, 0.2) is 0 Å². The maximum absolute atomic E-state index is 12.8. The van der Waals surface area contributed by atoms with Crippen LogP contribution in [-0.4, -0.2) is 33.3 Å². The highest BCUT2D eigenvalue weighted by Crippen LogP contribution is 2.36. The van der Waals surface area contributed by atoms with Gasteiger partial charge in [-0.15, -0.1) is 0 Å². The molecule has 4 aromatic rings. The first-order chi connectivity index (χ1) is 15.0. The minimum absolute atomic E-state index is 0.0950. The Balaban J connectivity index is 1.72. The number of aromatic amines is 2. The molecule has 1 aliphatic heterocycles. The van der Waals surface area contributed by atoms with Gasteiger partial charge in [-0.05, 0) is 77.0 Å². The quantitative estimate of drug-likeness (QED) is 0.305. The van der Waals surface area contributed by atoms with E-state index in [2.05, 4.69) is 37.9 Å². The Hall–Kier alpha value is -3.05. The van der Waals surface area contributed by atoms with Gasteiger partial charge in [0.05, 0.1) is 18.8 Å². The molecule has 0 radical (unpaired) electrons. The van der Waals surface area contributed by atoms with Crippen molar-refractivity contribution in [1.82, 2.24) is 19.9 Å². The zero-order chi connectivity index (χ0) is 21.7. The molecule has 0 saturated heterocycles. The third-order valence-electron chi connectivity index (χ3n) is 5.65. The summed E-state index contributed by atoms with van der Waals surface area (Å²) in [4.78, 5) is 31.1. The molecule has 9 heteroatoms. The van der Waals surface area contributed by atoms with Crippen LogP contribution in [0.4, 0.5) is 0 Å². The van der Waals surface area contributed by atoms with Crippen LogP contribution in [0.1, 0.15) is 22.9 Å². The van der Waals surface area contributed by atoms with Crippen LogP contribution < -0.4 is 21.3 Å². The van der Waals surface area contributed by atoms with E-state index >= 15 is 0 Å². The smallest absolute Gasteiger partial charge is 0.335 e. The summed E-state index contributed by atoms with van der Waals surface area (Å²) in [5, 5.41) is 15.4. The number of nitrogens with zero attached hydrogens (tertiary/aromatic N) is 1. The van der Waals surface area contributed by atoms with Gasteiger partial charge in [0.1, 0.15) is 11.3 Å². The molecule has 8 nitrogen and oxygen atoms in total. The molecule has 0 unspecified atom stereocenters. The van der Waals surface area contributed by atoms with Crippen molar-refractivity contribution in [1.29, 1.82) is 0 Å². The van der Waals surface area contributed by atoms with Gasteiger partial charge in [0.25, 0.3) is 5.56 Å². The van der Waals surface area contributed by atoms with E-state index in [1.165, 1.54) is 0 Å². The zero-order valence-electron chi connectivity index (χ0n) is 16.5. The van der Waals surface area contributed by atoms with Crippen LogP contribution in [0.25, 0.3) is 16.6 Å². The molecule has 0 fully saturated rings. The number of aromatic hydroxyl groups is 1. The number of nitrogens with one attached hydrogen (secondary N) is 3. The summed E-state index contributed by atoms with van der Waals surface area (Å²) >= 11 is 2.16. The van der Waals surface area contributed by atoms with Gasteiger partial charge in [-0.2, -0.15) is 0 Å². The average Bonchev–Trinajstić information content (AvgIpc) is 3.13. The lowest BCUT2D eigenvalue weighted by Gasteiger charge is -2.25. The number of ether oxygens (including phenoxy) is 1. The highest BCUT2D eigenvalue weighted by molar-refractivity contribution is 14.1. The second-order valence-electron chi connectivity index (χ2n) is 7.37. The normalized spacial score (nSPS) is 15.7. The molecule has 0 amide bonds. The van der Waals surface area contributed by atoms with Crippen LogP contribution >= 0.6 is 22.6 Å². The Bertz CT molecular complexity index is 1420. The molecule has 2 aromatic heterocycles. The molecule has 158 valence electrons. The molecular formula is C22H19IN4O4. The van der Waals surface area contributed by atoms with Gasteiger partial charge in [-0.1, -0.05) is 0 Å². The molecule has 3 heterocycles. The van der Waals surface area contributed by atoms with Crippen molar-refractivity contribution in [2.75, 3.05) is 13.7 Å². The number of fused-ring (bicyclic) bond motifs is 3. The molecule has 0 spiro atoms. The van der Waals surface area contributed by atoms with Gasteiger partial charge < -0.3 is 20.1 Å². The first kappa shape index (κ1) is 19.9. The summed E-state index contributed by atoms with van der Waals surface area (Å²) in [5.74, 6) is 0.369. The number of halogens is 1. The summed E-state index contributed by atoms with van der Waals surface area (Å²) in [7, 11) is 1.62. The molecular weight excluding hydrogens is 511 g/mol. The van der Waals surface area contributed by atoms with Crippen LogP contribution in [0.3, 0.4) is 0 Å². The molecule has 0 aliphatic carbocycles. The molecule has 1 atom stereocenters. The fourth-order valence-electron chi connectivity index (χ4n) is 4.21. The van der Waals surface area contributed by atoms with E-state index in [0.29, 0.717) is 12.2 Å². The van der Waals surface area contributed by atoms with Crippen LogP contribution in [0, 0.1) is 3.57 Å². The lowest BCUT2D eigenvalue weighted by atomic mass is 9.95. The third-order valence-corrected chi connectivity index (χ3v) is 6.37. The first-order valence-corrected chi connectivity index (χ1v) is 10.8. The lowest BCUT2D eigenvalue weighted by molar-refractivity contribution is 0.409. The highest BCUT2D eigenvalue weighted by atomic mass is 127. The Morgan fingerprint density at radius 1 is 1.13 bits per heavy atom. The number of H-pyrrole nitrogens is 2. The highest BCUT2D eigenvalue weighted by Gasteiger charge is 2.31. The first-order valence-electron chi connectivity index (χ1n) is 9.74. The monoisotopic (exact) mass is 530 g/mol. The van der Waals surface area contributed by atoms with Crippen LogP contribution in [0.15, 0.2) is 52.1 Å². The third kappa shape index (κ3) is 3.24. The van der Waals surface area contributed by atoms with Crippen LogP contribution in [-0.2, 0) is 6.42 Å². The van der Waals surface area contributed by atoms with E-state index in [9.17, 15) is 14.7 Å². The summed E-state index contributed by atoms with van der Waals surface area (Å²) in [6.45, 7) is 0.614. The lowest BCUT2D eigenvalue weighted by Crippen LogP contribution is -2.38. The fraction of sp³-hybridized carbons (Fsp3) is 0.182. The fourth-order valence-corrected chi connectivity index (χ4v) is 4.57. The number of hydrogen-bond acceptors (Lipinski definition) is 5. The van der Waals surface area contributed by atoms with E-state index in [-0.39, 0.29) is 11.4 Å². The van der Waals surface area contributed by atoms with E-state index in [1.807, 2.05) is 30.3 Å². The van der Waals surface area contributed by atoms with E-state index in [0.717, 1.165) is 42.5 Å². The topological polar surface area (TPSA) is 112 Å². The SMILES string of the molecule is COc1ccc2[nH]c3c(c2c1)CCN[C@@H]3c1c(O)n(-c2ccc(I)cc2)c(=O)[nH]c1=O. The van der Waals surface area contributed by atoms with E-state index < -0.39 is 17.3 Å². The predicted octanol–water partition coefficient (Wildman–Crippen LogP) is 2.56. The summed E-state index contributed by atoms with van der Waals surface area (Å²) in [6, 6.07) is 12.3. The van der Waals surface area contributed by atoms with Crippen molar-refractivity contribution in [3.8, 4) is 17.3 Å². The molecule has 2 aromatic carbocycles. The Morgan fingerprint density at radius 3 is 2.65 bits per heavy atom. The molecule has 4 N–H and O–H groups in total. The molecule has 0 bridgehead atoms. The maximum atomic E-state index is 12.8. The minimum atomic E-state index is -0.690. The Labute approximate surface area is 190 Å². The molecule has 1 aliphatic rings. The number of hydrogen-bond donors (Lipinski definition) is 4. The predicted molar refractivity (Wildman–Crippen MR) is 125 cm³/mol. The Morgan fingerprint density at radius 2 is 1.90 bits per heavy atom. The van der Waals surface area contributed by atoms with Gasteiger partial charge in [-0.3, -0.25) is 9.78 Å². The van der Waals surface area contributed by atoms with Crippen molar-refractivity contribution in [2.45, 2.75) is 12.5 Å². The number of benzene rings is 2.